The minimum atomic E-state index is -0.283. The van der Waals surface area contributed by atoms with Gasteiger partial charge >= 0.3 is 0 Å². The fraction of sp³-hybridized carbons (Fsp3) is 0.538. The molecule has 1 aromatic carbocycles. The maximum Gasteiger partial charge on any atom is 0.125 e. The second kappa shape index (κ2) is 4.83. The molecule has 2 nitrogen and oxygen atoms in total. The Labute approximate surface area is 96.6 Å². The highest BCUT2D eigenvalue weighted by molar-refractivity contribution is 5.36. The van der Waals surface area contributed by atoms with Crippen molar-refractivity contribution in [2.75, 3.05) is 0 Å². The maximum absolute atomic E-state index is 13.1. The molecule has 0 aliphatic rings. The maximum atomic E-state index is 13.1. The summed E-state index contributed by atoms with van der Waals surface area (Å²) in [6.45, 7) is 7.87. The predicted octanol–water partition coefficient (Wildman–Crippen LogP) is 3.41. The average Bonchev–Trinajstić information content (AvgIpc) is 2.20. The lowest BCUT2D eigenvalue weighted by atomic mass is 10.0. The monoisotopic (exact) mass is 225 g/mol. The first-order valence-electron chi connectivity index (χ1n) is 5.60. The lowest BCUT2D eigenvalue weighted by Gasteiger charge is -2.27. The van der Waals surface area contributed by atoms with Gasteiger partial charge in [0.1, 0.15) is 17.2 Å². The minimum Gasteiger partial charge on any atom is -0.488 e. The molecule has 0 heterocycles. The third-order valence-corrected chi connectivity index (χ3v) is 2.70. The topological polar surface area (TPSA) is 35.2 Å². The van der Waals surface area contributed by atoms with Crippen molar-refractivity contribution < 1.29 is 9.13 Å². The highest BCUT2D eigenvalue weighted by Gasteiger charge is 2.19. The van der Waals surface area contributed by atoms with E-state index < -0.39 is 0 Å². The Morgan fingerprint density at radius 1 is 1.44 bits per heavy atom. The Bertz CT molecular complexity index is 361. The van der Waals surface area contributed by atoms with Crippen molar-refractivity contribution in [3.63, 3.8) is 0 Å². The van der Waals surface area contributed by atoms with Crippen molar-refractivity contribution in [1.82, 2.24) is 0 Å². The lowest BCUT2D eigenvalue weighted by molar-refractivity contribution is 0.103. The normalized spacial score (nSPS) is 13.6. The average molecular weight is 225 g/mol. The lowest BCUT2D eigenvalue weighted by Crippen LogP contribution is -2.27. The van der Waals surface area contributed by atoms with E-state index >= 15 is 0 Å². The molecule has 16 heavy (non-hydrogen) atoms. The number of nitrogens with two attached hydrogens (primary N) is 1. The molecule has 0 aromatic heterocycles. The van der Waals surface area contributed by atoms with Crippen molar-refractivity contribution in [3.8, 4) is 5.75 Å². The number of halogens is 1. The van der Waals surface area contributed by atoms with Gasteiger partial charge in [-0.1, -0.05) is 6.92 Å². The number of rotatable bonds is 4. The van der Waals surface area contributed by atoms with Gasteiger partial charge in [-0.05, 0) is 45.4 Å². The first-order chi connectivity index (χ1) is 7.35. The van der Waals surface area contributed by atoms with Gasteiger partial charge in [-0.15, -0.1) is 0 Å². The van der Waals surface area contributed by atoms with E-state index in [-0.39, 0.29) is 17.5 Å². The Morgan fingerprint density at radius 2 is 2.06 bits per heavy atom. The van der Waals surface area contributed by atoms with Gasteiger partial charge in [-0.2, -0.15) is 0 Å². The first-order valence-corrected chi connectivity index (χ1v) is 5.60. The van der Waals surface area contributed by atoms with E-state index in [0.29, 0.717) is 11.3 Å². The molecular formula is C13H20FNO. The number of benzene rings is 1. The molecule has 1 rings (SSSR count). The molecule has 0 amide bonds. The van der Waals surface area contributed by atoms with Crippen LogP contribution < -0.4 is 10.5 Å². The smallest absolute Gasteiger partial charge is 0.125 e. The summed E-state index contributed by atoms with van der Waals surface area (Å²) in [7, 11) is 0. The van der Waals surface area contributed by atoms with Crippen LogP contribution >= 0.6 is 0 Å². The van der Waals surface area contributed by atoms with Crippen LogP contribution in [0.3, 0.4) is 0 Å². The molecule has 0 saturated heterocycles. The minimum absolute atomic E-state index is 0.238. The summed E-state index contributed by atoms with van der Waals surface area (Å²) in [4.78, 5) is 0. The van der Waals surface area contributed by atoms with E-state index in [1.165, 1.54) is 12.1 Å². The van der Waals surface area contributed by atoms with Gasteiger partial charge in [0.15, 0.2) is 0 Å². The fourth-order valence-electron chi connectivity index (χ4n) is 1.34. The standard InChI is InChI=1S/C13H20FNO/c1-5-13(3,4)16-12-7-6-10(14)8-11(12)9(2)15/h6-9H,5,15H2,1-4H3/t9-/m0/s1. The van der Waals surface area contributed by atoms with E-state index in [4.69, 9.17) is 10.5 Å². The van der Waals surface area contributed by atoms with Crippen LogP contribution in [0.4, 0.5) is 4.39 Å². The fourth-order valence-corrected chi connectivity index (χ4v) is 1.34. The Morgan fingerprint density at radius 3 is 2.56 bits per heavy atom. The highest BCUT2D eigenvalue weighted by atomic mass is 19.1. The number of ether oxygens (including phenoxy) is 1. The molecule has 0 radical (unpaired) electrons. The zero-order valence-corrected chi connectivity index (χ0v) is 10.4. The molecule has 2 N–H and O–H groups in total. The summed E-state index contributed by atoms with van der Waals surface area (Å²) in [6, 6.07) is 4.24. The van der Waals surface area contributed by atoms with Crippen molar-refractivity contribution in [2.45, 2.75) is 45.8 Å². The largest absolute Gasteiger partial charge is 0.488 e. The molecule has 0 fully saturated rings. The Balaban J connectivity index is 3.04. The van der Waals surface area contributed by atoms with E-state index in [1.54, 1.807) is 6.07 Å². The molecule has 0 bridgehead atoms. The van der Waals surface area contributed by atoms with Crippen LogP contribution in [0.15, 0.2) is 18.2 Å². The van der Waals surface area contributed by atoms with Crippen LogP contribution in [0.25, 0.3) is 0 Å². The predicted molar refractivity (Wildman–Crippen MR) is 64.0 cm³/mol. The van der Waals surface area contributed by atoms with E-state index in [0.717, 1.165) is 6.42 Å². The molecular weight excluding hydrogens is 205 g/mol. The molecule has 3 heteroatoms. The Hall–Kier alpha value is -1.09. The molecule has 0 saturated carbocycles. The quantitative estimate of drug-likeness (QED) is 0.852. The molecule has 90 valence electrons. The molecule has 1 aromatic rings. The second-order valence-electron chi connectivity index (χ2n) is 4.69. The summed E-state index contributed by atoms with van der Waals surface area (Å²) < 4.78 is 19.0. The third kappa shape index (κ3) is 3.20. The van der Waals surface area contributed by atoms with Crippen LogP contribution in [0, 0.1) is 5.82 Å². The van der Waals surface area contributed by atoms with Crippen molar-refractivity contribution in [3.05, 3.63) is 29.6 Å². The van der Waals surface area contributed by atoms with Gasteiger partial charge in [0.05, 0.1) is 0 Å². The van der Waals surface area contributed by atoms with Crippen LogP contribution in [0.5, 0.6) is 5.75 Å². The highest BCUT2D eigenvalue weighted by Crippen LogP contribution is 2.29. The third-order valence-electron chi connectivity index (χ3n) is 2.70. The number of hydrogen-bond donors (Lipinski definition) is 1. The van der Waals surface area contributed by atoms with Gasteiger partial charge in [0, 0.05) is 11.6 Å². The van der Waals surface area contributed by atoms with Crippen molar-refractivity contribution in [1.29, 1.82) is 0 Å². The molecule has 0 aliphatic carbocycles. The zero-order valence-electron chi connectivity index (χ0n) is 10.4. The summed E-state index contributed by atoms with van der Waals surface area (Å²) in [5.41, 5.74) is 6.24. The van der Waals surface area contributed by atoms with E-state index in [2.05, 4.69) is 6.92 Å². The van der Waals surface area contributed by atoms with Crippen molar-refractivity contribution >= 4 is 0 Å². The summed E-state index contributed by atoms with van der Waals surface area (Å²) in [5, 5.41) is 0. The molecule has 0 aliphatic heterocycles. The van der Waals surface area contributed by atoms with Crippen LogP contribution in [0.2, 0.25) is 0 Å². The van der Waals surface area contributed by atoms with Crippen LogP contribution in [-0.2, 0) is 0 Å². The van der Waals surface area contributed by atoms with Crippen molar-refractivity contribution in [2.24, 2.45) is 5.73 Å². The first kappa shape index (κ1) is 13.0. The summed E-state index contributed by atoms with van der Waals surface area (Å²) in [6.07, 6.45) is 0.878. The second-order valence-corrected chi connectivity index (χ2v) is 4.69. The van der Waals surface area contributed by atoms with Gasteiger partial charge < -0.3 is 10.5 Å². The zero-order chi connectivity index (χ0) is 12.3. The van der Waals surface area contributed by atoms with Crippen LogP contribution in [-0.4, -0.2) is 5.60 Å². The SMILES string of the molecule is CCC(C)(C)Oc1ccc(F)cc1[C@H](C)N. The summed E-state index contributed by atoms with van der Waals surface area (Å²) >= 11 is 0. The van der Waals surface area contributed by atoms with Gasteiger partial charge in [-0.3, -0.25) is 0 Å². The van der Waals surface area contributed by atoms with Gasteiger partial charge in [-0.25, -0.2) is 4.39 Å². The molecule has 0 unspecified atom stereocenters. The molecule has 1 atom stereocenters. The summed E-state index contributed by atoms with van der Waals surface area (Å²) in [5.74, 6) is 0.386. The van der Waals surface area contributed by atoms with Gasteiger partial charge in [0.2, 0.25) is 0 Å². The van der Waals surface area contributed by atoms with E-state index in [9.17, 15) is 4.39 Å². The van der Waals surface area contributed by atoms with Crippen LogP contribution in [0.1, 0.15) is 45.7 Å². The van der Waals surface area contributed by atoms with Gasteiger partial charge in [0.25, 0.3) is 0 Å². The number of hydrogen-bond acceptors (Lipinski definition) is 2. The molecule has 0 spiro atoms. The van der Waals surface area contributed by atoms with E-state index in [1.807, 2.05) is 20.8 Å². The Kier molecular flexibility index (Phi) is 3.92.